The summed E-state index contributed by atoms with van der Waals surface area (Å²) in [7, 11) is 0. The fraction of sp³-hybridized carbons (Fsp3) is 0.435. The molecular formula is C46H61N11O7. The molecule has 0 radical (unpaired) electrons. The van der Waals surface area contributed by atoms with Gasteiger partial charge in [0.05, 0.1) is 6.04 Å². The SMILES string of the molecule is NC(=O)C1CCCCNC(=O)CCC(=O)CCCCC(N)C(=O)NC(Cc2ccc3ccccc3c2)C(=O)NC(CCCN=C(N)N)C(=O)NC(Cc2c[nH]c3ccccc23)C(=O)N1. The van der Waals surface area contributed by atoms with Crippen LogP contribution in [0.15, 0.2) is 77.9 Å². The molecular weight excluding hydrogens is 819 g/mol. The first-order valence-corrected chi connectivity index (χ1v) is 21.9. The van der Waals surface area contributed by atoms with Crippen LogP contribution in [-0.2, 0) is 46.4 Å². The van der Waals surface area contributed by atoms with E-state index in [1.165, 1.54) is 0 Å². The van der Waals surface area contributed by atoms with E-state index in [4.69, 9.17) is 22.9 Å². The second kappa shape index (κ2) is 24.1. The lowest BCUT2D eigenvalue weighted by molar-refractivity contribution is -0.134. The molecule has 18 heteroatoms. The minimum Gasteiger partial charge on any atom is -0.370 e. The number of nitrogens with one attached hydrogen (secondary N) is 6. The zero-order valence-corrected chi connectivity index (χ0v) is 36.0. The van der Waals surface area contributed by atoms with Gasteiger partial charge in [-0.2, -0.15) is 0 Å². The topological polar surface area (TPSA) is 312 Å². The molecule has 5 rings (SSSR count). The number of nitrogens with two attached hydrogens (primary N) is 4. The average Bonchev–Trinajstić information content (AvgIpc) is 3.68. The van der Waals surface area contributed by atoms with Crippen molar-refractivity contribution in [3.8, 4) is 0 Å². The quantitative estimate of drug-likeness (QED) is 0.0649. The van der Waals surface area contributed by atoms with Crippen molar-refractivity contribution in [1.29, 1.82) is 0 Å². The number of aromatic amines is 1. The standard InChI is InChI=1S/C46H61N11O7/c47-34-14-5-3-12-32(58)20-21-40(59)51-22-8-7-16-36(41(48)60)54-45(64)39(26-31-27-53-35-15-6-4-13-33(31)35)57-43(62)37(17-9-23-52-46(49)50)55-44(63)38(56-42(34)61)25-28-18-19-29-10-1-2-11-30(29)24-28/h1-2,4,6,10-11,13,15,18-19,24,27,34,36-39,53H,3,5,7-9,12,14,16-17,20-23,25-26,47H2,(H2,48,60)(H,51,59)(H,54,64)(H,55,63)(H,56,61)(H,57,62)(H4,49,50,52). The van der Waals surface area contributed by atoms with E-state index >= 15 is 0 Å². The second-order valence-corrected chi connectivity index (χ2v) is 16.3. The lowest BCUT2D eigenvalue weighted by atomic mass is 9.99. The van der Waals surface area contributed by atoms with Crippen LogP contribution >= 0.6 is 0 Å². The van der Waals surface area contributed by atoms with Crippen molar-refractivity contribution in [2.24, 2.45) is 27.9 Å². The monoisotopic (exact) mass is 879 g/mol. The lowest BCUT2D eigenvalue weighted by Crippen LogP contribution is -2.59. The molecule has 1 aliphatic heterocycles. The van der Waals surface area contributed by atoms with Gasteiger partial charge in [-0.25, -0.2) is 0 Å². The molecule has 1 saturated heterocycles. The Morgan fingerprint density at radius 1 is 0.672 bits per heavy atom. The number of amides is 6. The van der Waals surface area contributed by atoms with Gasteiger partial charge in [-0.05, 0) is 72.9 Å². The molecule has 1 fully saturated rings. The van der Waals surface area contributed by atoms with Gasteiger partial charge in [0.2, 0.25) is 35.4 Å². The molecule has 0 spiro atoms. The number of hydrogen-bond acceptors (Lipinski definition) is 9. The summed E-state index contributed by atoms with van der Waals surface area (Å²) in [6.45, 7) is 0.411. The van der Waals surface area contributed by atoms with Crippen molar-refractivity contribution in [3.05, 3.63) is 84.1 Å². The van der Waals surface area contributed by atoms with E-state index in [0.29, 0.717) is 31.2 Å². The molecule has 2 heterocycles. The predicted octanol–water partition coefficient (Wildman–Crippen LogP) is 1.12. The molecule has 0 saturated carbocycles. The van der Waals surface area contributed by atoms with Gasteiger partial charge in [0, 0.05) is 62.3 Å². The number of carbonyl (C=O) groups excluding carboxylic acids is 7. The molecule has 1 aliphatic rings. The molecule has 14 N–H and O–H groups in total. The number of aromatic nitrogens is 1. The zero-order valence-electron chi connectivity index (χ0n) is 36.0. The number of para-hydroxylation sites is 1. The van der Waals surface area contributed by atoms with Gasteiger partial charge < -0.3 is 54.5 Å². The molecule has 6 amide bonds. The van der Waals surface area contributed by atoms with Crippen molar-refractivity contribution in [1.82, 2.24) is 31.6 Å². The maximum Gasteiger partial charge on any atom is 0.243 e. The third kappa shape index (κ3) is 14.9. The molecule has 5 unspecified atom stereocenters. The minimum atomic E-state index is -1.25. The molecule has 4 aromatic rings. The highest BCUT2D eigenvalue weighted by Crippen LogP contribution is 2.21. The van der Waals surface area contributed by atoms with Gasteiger partial charge in [-0.1, -0.05) is 67.1 Å². The zero-order chi connectivity index (χ0) is 46.0. The Balaban J connectivity index is 1.46. The highest BCUT2D eigenvalue weighted by Gasteiger charge is 2.32. The second-order valence-electron chi connectivity index (χ2n) is 16.3. The number of Topliss-reactive ketones (excluding diaryl/α,β-unsaturated/α-hetero) is 1. The number of ketones is 1. The number of fused-ring (bicyclic) bond motifs is 2. The molecule has 5 atom stereocenters. The Kier molecular flexibility index (Phi) is 18.2. The third-order valence-corrected chi connectivity index (χ3v) is 11.3. The van der Waals surface area contributed by atoms with Gasteiger partial charge >= 0.3 is 0 Å². The highest BCUT2D eigenvalue weighted by molar-refractivity contribution is 5.96. The smallest absolute Gasteiger partial charge is 0.243 e. The average molecular weight is 880 g/mol. The Hall–Kier alpha value is -6.82. The van der Waals surface area contributed by atoms with Crippen molar-refractivity contribution < 1.29 is 33.6 Å². The van der Waals surface area contributed by atoms with Crippen LogP contribution in [0.3, 0.4) is 0 Å². The maximum atomic E-state index is 14.4. The number of carbonyl (C=O) groups is 7. The fourth-order valence-corrected chi connectivity index (χ4v) is 7.68. The van der Waals surface area contributed by atoms with E-state index in [1.54, 1.807) is 6.20 Å². The fourth-order valence-electron chi connectivity index (χ4n) is 7.68. The van der Waals surface area contributed by atoms with Gasteiger partial charge in [0.25, 0.3) is 0 Å². The molecule has 1 aromatic heterocycles. The molecule has 18 nitrogen and oxygen atoms in total. The molecule has 3 aromatic carbocycles. The Labute approximate surface area is 371 Å². The molecule has 64 heavy (non-hydrogen) atoms. The summed E-state index contributed by atoms with van der Waals surface area (Å²) < 4.78 is 0. The van der Waals surface area contributed by atoms with E-state index < -0.39 is 59.7 Å². The number of benzene rings is 3. The molecule has 0 bridgehead atoms. The van der Waals surface area contributed by atoms with Crippen molar-refractivity contribution in [2.75, 3.05) is 13.1 Å². The van der Waals surface area contributed by atoms with Crippen molar-refractivity contribution in [3.63, 3.8) is 0 Å². The van der Waals surface area contributed by atoms with E-state index in [1.807, 2.05) is 66.7 Å². The van der Waals surface area contributed by atoms with Crippen LogP contribution in [0.5, 0.6) is 0 Å². The summed E-state index contributed by atoms with van der Waals surface area (Å²) in [5.41, 5.74) is 25.4. The number of aliphatic imine (C=N–C) groups is 1. The van der Waals surface area contributed by atoms with Crippen LogP contribution in [0.25, 0.3) is 21.7 Å². The summed E-state index contributed by atoms with van der Waals surface area (Å²) in [6, 6.07) is 15.0. The minimum absolute atomic E-state index is 0.00515. The first kappa shape index (κ1) is 48.2. The van der Waals surface area contributed by atoms with Crippen LogP contribution in [0.1, 0.15) is 81.8 Å². The van der Waals surface area contributed by atoms with Gasteiger partial charge in [-0.3, -0.25) is 38.6 Å². The summed E-state index contributed by atoms with van der Waals surface area (Å²) >= 11 is 0. The normalized spacial score (nSPS) is 22.1. The number of guanidine groups is 1. The Morgan fingerprint density at radius 3 is 2.12 bits per heavy atom. The number of rotatable bonds is 9. The largest absolute Gasteiger partial charge is 0.370 e. The third-order valence-electron chi connectivity index (χ3n) is 11.3. The summed E-state index contributed by atoms with van der Waals surface area (Å²) in [5, 5.41) is 16.6. The van der Waals surface area contributed by atoms with Crippen LogP contribution < -0.4 is 49.5 Å². The highest BCUT2D eigenvalue weighted by atomic mass is 16.2. The van der Waals surface area contributed by atoms with Crippen molar-refractivity contribution >= 4 is 68.9 Å². The molecule has 342 valence electrons. The van der Waals surface area contributed by atoms with E-state index in [0.717, 1.165) is 27.2 Å². The van der Waals surface area contributed by atoms with Gasteiger partial charge in [0.1, 0.15) is 30.0 Å². The Bertz CT molecular complexity index is 2310. The van der Waals surface area contributed by atoms with Crippen LogP contribution in [-0.4, -0.2) is 95.5 Å². The summed E-state index contributed by atoms with van der Waals surface area (Å²) in [4.78, 5) is 102. The first-order valence-electron chi connectivity index (χ1n) is 21.9. The predicted molar refractivity (Wildman–Crippen MR) is 244 cm³/mol. The van der Waals surface area contributed by atoms with E-state index in [9.17, 15) is 33.6 Å². The van der Waals surface area contributed by atoms with E-state index in [2.05, 4.69) is 36.6 Å². The van der Waals surface area contributed by atoms with Gasteiger partial charge in [-0.15, -0.1) is 0 Å². The van der Waals surface area contributed by atoms with Crippen LogP contribution in [0, 0.1) is 0 Å². The number of nitrogens with zero attached hydrogens (tertiary/aromatic N) is 1. The summed E-state index contributed by atoms with van der Waals surface area (Å²) in [5.74, 6) is -4.01. The summed E-state index contributed by atoms with van der Waals surface area (Å²) in [6.07, 6.45) is 4.50. The first-order chi connectivity index (χ1) is 30.8. The lowest BCUT2D eigenvalue weighted by Gasteiger charge is -2.27. The van der Waals surface area contributed by atoms with Gasteiger partial charge in [0.15, 0.2) is 5.96 Å². The number of H-pyrrole nitrogens is 1. The molecule has 0 aliphatic carbocycles. The maximum absolute atomic E-state index is 14.4. The number of hydrogen-bond donors (Lipinski definition) is 10. The Morgan fingerprint density at radius 2 is 1.34 bits per heavy atom. The number of primary amides is 1. The van der Waals surface area contributed by atoms with Crippen LogP contribution in [0.2, 0.25) is 0 Å². The van der Waals surface area contributed by atoms with E-state index in [-0.39, 0.29) is 88.5 Å². The van der Waals surface area contributed by atoms with Crippen molar-refractivity contribution in [2.45, 2.75) is 114 Å². The van der Waals surface area contributed by atoms with Crippen LogP contribution in [0.4, 0.5) is 0 Å².